The lowest BCUT2D eigenvalue weighted by Gasteiger charge is -2.16. The molecule has 1 aromatic rings. The molecule has 0 spiro atoms. The van der Waals surface area contributed by atoms with Gasteiger partial charge in [-0.25, -0.2) is 4.98 Å². The summed E-state index contributed by atoms with van der Waals surface area (Å²) in [6.07, 6.45) is 8.65. The highest BCUT2D eigenvalue weighted by Gasteiger charge is 2.12. The average molecular weight is 308 g/mol. The quantitative estimate of drug-likeness (QED) is 0.497. The van der Waals surface area contributed by atoms with Gasteiger partial charge in [-0.2, -0.15) is 0 Å². The lowest BCUT2D eigenvalue weighted by molar-refractivity contribution is 0.530. The first-order valence-corrected chi connectivity index (χ1v) is 9.04. The molecule has 3 N–H and O–H groups in total. The summed E-state index contributed by atoms with van der Waals surface area (Å²) in [5, 5.41) is 6.72. The summed E-state index contributed by atoms with van der Waals surface area (Å²) in [7, 11) is 0. The van der Waals surface area contributed by atoms with Crippen molar-refractivity contribution in [2.45, 2.75) is 70.8 Å². The van der Waals surface area contributed by atoms with Crippen molar-refractivity contribution in [2.24, 2.45) is 10.7 Å². The van der Waals surface area contributed by atoms with Crippen molar-refractivity contribution >= 4 is 17.3 Å². The first-order valence-electron chi connectivity index (χ1n) is 8.16. The second-order valence-corrected chi connectivity index (χ2v) is 7.07. The number of guanidine groups is 1. The van der Waals surface area contributed by atoms with Crippen LogP contribution in [0.15, 0.2) is 10.4 Å². The van der Waals surface area contributed by atoms with E-state index in [0.29, 0.717) is 24.5 Å². The van der Waals surface area contributed by atoms with Crippen LogP contribution in [-0.2, 0) is 6.42 Å². The second-order valence-electron chi connectivity index (χ2n) is 6.18. The van der Waals surface area contributed by atoms with Crippen LogP contribution in [0.4, 0.5) is 0 Å². The minimum Gasteiger partial charge on any atom is -0.370 e. The lowest BCUT2D eigenvalue weighted by Crippen LogP contribution is -2.40. The molecule has 2 rings (SSSR count). The monoisotopic (exact) mass is 308 g/mol. The van der Waals surface area contributed by atoms with Crippen LogP contribution in [0, 0.1) is 0 Å². The van der Waals surface area contributed by atoms with E-state index in [9.17, 15) is 0 Å². The zero-order valence-corrected chi connectivity index (χ0v) is 14.1. The Labute approximate surface area is 132 Å². The van der Waals surface area contributed by atoms with Crippen LogP contribution in [0.25, 0.3) is 0 Å². The van der Waals surface area contributed by atoms with E-state index < -0.39 is 0 Å². The Morgan fingerprint density at radius 3 is 2.71 bits per heavy atom. The topological polar surface area (TPSA) is 63.3 Å². The third kappa shape index (κ3) is 5.65. The molecule has 1 saturated carbocycles. The third-order valence-electron chi connectivity index (χ3n) is 3.92. The van der Waals surface area contributed by atoms with Crippen molar-refractivity contribution in [1.82, 2.24) is 10.3 Å². The molecule has 0 saturated heterocycles. The molecule has 0 bridgehead atoms. The number of nitrogens with two attached hydrogens (primary N) is 1. The normalized spacial score (nSPS) is 18.0. The highest BCUT2D eigenvalue weighted by Crippen LogP contribution is 2.19. The summed E-state index contributed by atoms with van der Waals surface area (Å²) in [6.45, 7) is 5.07. The fourth-order valence-electron chi connectivity index (χ4n) is 2.67. The van der Waals surface area contributed by atoms with Crippen molar-refractivity contribution in [2.75, 3.05) is 6.54 Å². The van der Waals surface area contributed by atoms with Gasteiger partial charge in [0.15, 0.2) is 5.96 Å². The van der Waals surface area contributed by atoms with Gasteiger partial charge in [0.2, 0.25) is 0 Å². The van der Waals surface area contributed by atoms with Crippen LogP contribution in [-0.4, -0.2) is 23.5 Å². The predicted molar refractivity (Wildman–Crippen MR) is 91.0 cm³/mol. The molecule has 1 aromatic heterocycles. The minimum absolute atomic E-state index is 0.509. The fourth-order valence-corrected chi connectivity index (χ4v) is 3.54. The first kappa shape index (κ1) is 16.3. The zero-order chi connectivity index (χ0) is 15.1. The van der Waals surface area contributed by atoms with Gasteiger partial charge in [0.25, 0.3) is 0 Å². The molecule has 1 heterocycles. The van der Waals surface area contributed by atoms with E-state index in [1.807, 2.05) is 0 Å². The molecule has 0 aliphatic heterocycles. The highest BCUT2D eigenvalue weighted by molar-refractivity contribution is 7.09. The van der Waals surface area contributed by atoms with Gasteiger partial charge in [-0.3, -0.25) is 4.99 Å². The van der Waals surface area contributed by atoms with Gasteiger partial charge in [0, 0.05) is 30.3 Å². The predicted octanol–water partition coefficient (Wildman–Crippen LogP) is 3.44. The van der Waals surface area contributed by atoms with Gasteiger partial charge in [-0.1, -0.05) is 39.5 Å². The van der Waals surface area contributed by atoms with Crippen molar-refractivity contribution < 1.29 is 0 Å². The molecule has 21 heavy (non-hydrogen) atoms. The molecule has 0 atom stereocenters. The van der Waals surface area contributed by atoms with Crippen LogP contribution >= 0.6 is 11.3 Å². The van der Waals surface area contributed by atoms with Crippen LogP contribution in [0.2, 0.25) is 0 Å². The molecular weight excluding hydrogens is 280 g/mol. The largest absolute Gasteiger partial charge is 0.370 e. The summed E-state index contributed by atoms with van der Waals surface area (Å²) >= 11 is 1.74. The Kier molecular flexibility index (Phi) is 6.49. The van der Waals surface area contributed by atoms with E-state index in [4.69, 9.17) is 5.73 Å². The van der Waals surface area contributed by atoms with E-state index in [2.05, 4.69) is 34.5 Å². The molecule has 0 unspecified atom stereocenters. The van der Waals surface area contributed by atoms with Crippen molar-refractivity contribution in [3.05, 3.63) is 16.1 Å². The molecule has 1 fully saturated rings. The smallest absolute Gasteiger partial charge is 0.188 e. The lowest BCUT2D eigenvalue weighted by atomic mass is 10.1. The van der Waals surface area contributed by atoms with Gasteiger partial charge in [-0.05, 0) is 12.8 Å². The van der Waals surface area contributed by atoms with E-state index in [0.717, 1.165) is 12.1 Å². The molecule has 0 amide bonds. The van der Waals surface area contributed by atoms with Crippen molar-refractivity contribution in [3.8, 4) is 0 Å². The van der Waals surface area contributed by atoms with E-state index in [1.54, 1.807) is 11.3 Å². The van der Waals surface area contributed by atoms with E-state index >= 15 is 0 Å². The van der Waals surface area contributed by atoms with Crippen LogP contribution in [0.1, 0.15) is 69.0 Å². The Hall–Kier alpha value is -1.10. The van der Waals surface area contributed by atoms with Crippen molar-refractivity contribution in [3.63, 3.8) is 0 Å². The SMILES string of the molecule is CC(C)c1nc(CCN=C(N)NC2CCCCCC2)cs1. The Morgan fingerprint density at radius 2 is 2.10 bits per heavy atom. The van der Waals surface area contributed by atoms with Gasteiger partial charge >= 0.3 is 0 Å². The van der Waals surface area contributed by atoms with E-state index in [1.165, 1.54) is 43.5 Å². The number of nitrogens with one attached hydrogen (secondary N) is 1. The minimum atomic E-state index is 0.509. The number of nitrogens with zero attached hydrogens (tertiary/aromatic N) is 2. The summed E-state index contributed by atoms with van der Waals surface area (Å²) in [4.78, 5) is 9.07. The van der Waals surface area contributed by atoms with Gasteiger partial charge in [0.1, 0.15) is 0 Å². The maximum atomic E-state index is 5.99. The zero-order valence-electron chi connectivity index (χ0n) is 13.3. The molecule has 5 heteroatoms. The number of hydrogen-bond donors (Lipinski definition) is 2. The Bertz CT molecular complexity index is 445. The summed E-state index contributed by atoms with van der Waals surface area (Å²) in [6, 6.07) is 0.517. The molecular formula is C16H28N4S. The summed E-state index contributed by atoms with van der Waals surface area (Å²) in [5.41, 5.74) is 7.13. The van der Waals surface area contributed by atoms with Gasteiger partial charge < -0.3 is 11.1 Å². The number of thiazole rings is 1. The number of aromatic nitrogens is 1. The standard InChI is InChI=1S/C16H28N4S/c1-12(2)15-19-14(11-21-15)9-10-18-16(17)20-13-7-5-3-4-6-8-13/h11-13H,3-10H2,1-2H3,(H3,17,18,20). The maximum absolute atomic E-state index is 5.99. The summed E-state index contributed by atoms with van der Waals surface area (Å²) in [5.74, 6) is 1.11. The van der Waals surface area contributed by atoms with Crippen LogP contribution in [0.3, 0.4) is 0 Å². The number of aliphatic imine (C=N–C) groups is 1. The Balaban J connectivity index is 1.74. The van der Waals surface area contributed by atoms with Crippen LogP contribution in [0.5, 0.6) is 0 Å². The highest BCUT2D eigenvalue weighted by atomic mass is 32.1. The van der Waals surface area contributed by atoms with Gasteiger partial charge in [0.05, 0.1) is 10.7 Å². The van der Waals surface area contributed by atoms with Crippen LogP contribution < -0.4 is 11.1 Å². The Morgan fingerprint density at radius 1 is 1.38 bits per heavy atom. The average Bonchev–Trinajstić information content (AvgIpc) is 2.77. The molecule has 1 aliphatic carbocycles. The van der Waals surface area contributed by atoms with E-state index in [-0.39, 0.29) is 0 Å². The molecule has 0 radical (unpaired) electrons. The maximum Gasteiger partial charge on any atom is 0.188 e. The fraction of sp³-hybridized carbons (Fsp3) is 0.750. The number of hydrogen-bond acceptors (Lipinski definition) is 3. The molecule has 1 aliphatic rings. The van der Waals surface area contributed by atoms with Crippen molar-refractivity contribution in [1.29, 1.82) is 0 Å². The molecule has 118 valence electrons. The number of rotatable bonds is 5. The van der Waals surface area contributed by atoms with Gasteiger partial charge in [-0.15, -0.1) is 11.3 Å². The summed E-state index contributed by atoms with van der Waals surface area (Å²) < 4.78 is 0. The molecule has 0 aromatic carbocycles. The third-order valence-corrected chi connectivity index (χ3v) is 5.11. The first-order chi connectivity index (χ1) is 10.1. The second kappa shape index (κ2) is 8.37. The molecule has 4 nitrogen and oxygen atoms in total.